The Kier molecular flexibility index (Phi) is 6.34. The van der Waals surface area contributed by atoms with E-state index in [1.807, 2.05) is 0 Å². The van der Waals surface area contributed by atoms with E-state index in [-0.39, 0.29) is 0 Å². The fraction of sp³-hybridized carbons (Fsp3) is 0.350. The summed E-state index contributed by atoms with van der Waals surface area (Å²) in [5.74, 6) is 0. The van der Waals surface area contributed by atoms with Gasteiger partial charge in [0.15, 0.2) is 21.3 Å². The summed E-state index contributed by atoms with van der Waals surface area (Å²) in [7, 11) is 1.45. The van der Waals surface area contributed by atoms with Gasteiger partial charge in [-0.15, -0.1) is 40.4 Å². The minimum absolute atomic E-state index is 0.368. The summed E-state index contributed by atoms with van der Waals surface area (Å²) in [6.07, 6.45) is 4.67. The van der Waals surface area contributed by atoms with Crippen LogP contribution in [0.4, 0.5) is 5.13 Å². The Labute approximate surface area is 218 Å². The molecule has 184 valence electrons. The van der Waals surface area contributed by atoms with Crippen LogP contribution in [0.3, 0.4) is 0 Å². The monoisotopic (exact) mass is 553 g/mol. The average Bonchev–Trinajstić information content (AvgIpc) is 3.64. The molecule has 5 heterocycles. The van der Waals surface area contributed by atoms with E-state index in [0.29, 0.717) is 27.1 Å². The summed E-state index contributed by atoms with van der Waals surface area (Å²) in [4.78, 5) is 13.0. The number of pyridine rings is 1. The van der Waals surface area contributed by atoms with Gasteiger partial charge in [-0.05, 0) is 6.07 Å². The molecule has 0 amide bonds. The Hall–Kier alpha value is -2.17. The van der Waals surface area contributed by atoms with Crippen LogP contribution in [0.5, 0.6) is 0 Å². The summed E-state index contributed by atoms with van der Waals surface area (Å²) < 4.78 is 13.5. The van der Waals surface area contributed by atoms with Crippen LogP contribution in [0.25, 0.3) is 11.4 Å². The first kappa shape index (κ1) is 24.5. The first-order valence-corrected chi connectivity index (χ1v) is 12.8. The van der Waals surface area contributed by atoms with Crippen molar-refractivity contribution < 1.29 is 19.7 Å². The van der Waals surface area contributed by atoms with Crippen molar-refractivity contribution in [2.45, 2.75) is 27.7 Å². The molecule has 0 spiro atoms. The number of hydrogen-bond donors (Lipinski definition) is 4. The normalized spacial score (nSPS) is 31.0. The maximum absolute atomic E-state index is 12.0. The maximum Gasteiger partial charge on any atom is 0.194 e. The molecular weight excluding hydrogens is 534 g/mol. The molecule has 0 aliphatic carbocycles. The number of nitrogen functional groups attached to an aromatic ring is 1. The molecule has 35 heavy (non-hydrogen) atoms. The molecule has 0 radical (unpaired) electrons. The van der Waals surface area contributed by atoms with Crippen molar-refractivity contribution in [2.75, 3.05) is 19.5 Å². The zero-order chi connectivity index (χ0) is 24.8. The molecule has 11 nitrogen and oxygen atoms in total. The minimum atomic E-state index is -1.99. The van der Waals surface area contributed by atoms with Gasteiger partial charge < -0.3 is 25.4 Å². The van der Waals surface area contributed by atoms with E-state index in [9.17, 15) is 10.2 Å². The van der Waals surface area contributed by atoms with Gasteiger partial charge in [0.25, 0.3) is 0 Å². The lowest BCUT2D eigenvalue weighted by Crippen LogP contribution is -2.75. The van der Waals surface area contributed by atoms with Gasteiger partial charge in [0, 0.05) is 42.0 Å². The van der Waals surface area contributed by atoms with Gasteiger partial charge in [-0.1, -0.05) is 22.9 Å². The predicted octanol–water partition coefficient (Wildman–Crippen LogP) is 1.70. The van der Waals surface area contributed by atoms with Gasteiger partial charge in [0.05, 0.1) is 12.8 Å². The van der Waals surface area contributed by atoms with Crippen LogP contribution in [0.2, 0.25) is 0 Å². The van der Waals surface area contributed by atoms with E-state index in [1.54, 1.807) is 47.7 Å². The van der Waals surface area contributed by atoms with E-state index in [0.717, 1.165) is 0 Å². The second kappa shape index (κ2) is 9.05. The number of thiazole rings is 2. The molecule has 1 fully saturated rings. The third kappa shape index (κ3) is 3.43. The molecule has 0 aromatic carbocycles. The quantitative estimate of drug-likeness (QED) is 0.205. The highest BCUT2D eigenvalue weighted by Gasteiger charge is 2.74. The van der Waals surface area contributed by atoms with Crippen LogP contribution in [0.15, 0.2) is 47.7 Å². The molecule has 4 N–H and O–H groups in total. The van der Waals surface area contributed by atoms with Gasteiger partial charge >= 0.3 is 0 Å². The van der Waals surface area contributed by atoms with Gasteiger partial charge in [-0.2, -0.15) is 0 Å². The topological polar surface area (TPSA) is 154 Å². The van der Waals surface area contributed by atoms with E-state index >= 15 is 0 Å². The Bertz CT molecular complexity index is 1310. The van der Waals surface area contributed by atoms with E-state index in [4.69, 9.17) is 39.4 Å². The van der Waals surface area contributed by atoms with Gasteiger partial charge in [-0.3, -0.25) is 4.98 Å². The van der Waals surface area contributed by atoms with Crippen molar-refractivity contribution in [1.29, 1.82) is 0 Å². The Balaban J connectivity index is 1.88. The van der Waals surface area contributed by atoms with Crippen LogP contribution in [-0.2, 0) is 20.6 Å². The third-order valence-electron chi connectivity index (χ3n) is 6.05. The molecule has 0 bridgehead atoms. The van der Waals surface area contributed by atoms with Crippen LogP contribution in [-0.4, -0.2) is 70.5 Å². The summed E-state index contributed by atoms with van der Waals surface area (Å²) in [5, 5.41) is 33.2. The highest BCUT2D eigenvalue weighted by Crippen LogP contribution is 2.59. The fourth-order valence-corrected chi connectivity index (χ4v) is 6.99. The maximum atomic E-state index is 12.0. The molecule has 5 rings (SSSR count). The minimum Gasteiger partial charge on any atom is -0.392 e. The number of halogens is 1. The van der Waals surface area contributed by atoms with Crippen molar-refractivity contribution >= 4 is 52.0 Å². The number of aromatic nitrogens is 6. The van der Waals surface area contributed by atoms with E-state index in [1.165, 1.54) is 34.5 Å². The standard InChI is InChI=1S/C20H20ClN7O4S3/c1-31-20(15-24-5-6-34-15)16(33)32-18(21,10-29)14(30)19(20,11-3-2-4-23-7-11)28-8-12(26-27-28)13-9-35-17(22)25-13/h2-9,14,16,29-30,33H,10H2,1H3,(H2,22,25)/t14-,16+,18+,19?,20-/m0/s1. The predicted molar refractivity (Wildman–Crippen MR) is 133 cm³/mol. The van der Waals surface area contributed by atoms with E-state index < -0.39 is 34.3 Å². The number of aliphatic hydroxyl groups excluding tert-OH is 2. The van der Waals surface area contributed by atoms with Crippen molar-refractivity contribution in [3.05, 3.63) is 58.3 Å². The van der Waals surface area contributed by atoms with Crippen molar-refractivity contribution in [3.63, 3.8) is 0 Å². The lowest BCUT2D eigenvalue weighted by molar-refractivity contribution is -0.282. The number of hydrogen-bond acceptors (Lipinski definition) is 13. The smallest absolute Gasteiger partial charge is 0.194 e. The fourth-order valence-electron chi connectivity index (χ4n) is 4.53. The van der Waals surface area contributed by atoms with Crippen molar-refractivity contribution in [1.82, 2.24) is 29.9 Å². The molecule has 4 aromatic heterocycles. The number of aliphatic hydroxyl groups is 2. The first-order valence-electron chi connectivity index (χ1n) is 10.2. The third-order valence-corrected chi connectivity index (χ3v) is 8.50. The summed E-state index contributed by atoms with van der Waals surface area (Å²) in [6, 6.07) is 3.43. The highest BCUT2D eigenvalue weighted by atomic mass is 35.5. The lowest BCUT2D eigenvalue weighted by Gasteiger charge is -2.59. The van der Waals surface area contributed by atoms with Crippen LogP contribution in [0, 0.1) is 0 Å². The largest absolute Gasteiger partial charge is 0.392 e. The Morgan fingerprint density at radius 2 is 2.17 bits per heavy atom. The van der Waals surface area contributed by atoms with Crippen LogP contribution >= 0.6 is 46.9 Å². The number of anilines is 1. The number of nitrogens with two attached hydrogens (primary N) is 1. The summed E-state index contributed by atoms with van der Waals surface area (Å²) in [6.45, 7) is -0.739. The van der Waals surface area contributed by atoms with Crippen molar-refractivity contribution in [3.8, 4) is 11.4 Å². The summed E-state index contributed by atoms with van der Waals surface area (Å²) >= 11 is 14.0. The molecule has 15 heteroatoms. The molecule has 1 unspecified atom stereocenters. The Morgan fingerprint density at radius 1 is 1.34 bits per heavy atom. The molecular formula is C20H20ClN7O4S3. The molecule has 0 saturated carbocycles. The number of methoxy groups -OCH3 is 1. The lowest BCUT2D eigenvalue weighted by atomic mass is 9.67. The number of nitrogens with zero attached hydrogens (tertiary/aromatic N) is 6. The van der Waals surface area contributed by atoms with Gasteiger partial charge in [0.2, 0.25) is 0 Å². The first-order chi connectivity index (χ1) is 16.8. The van der Waals surface area contributed by atoms with E-state index in [2.05, 4.69) is 25.3 Å². The molecule has 1 aliphatic heterocycles. The number of thiol groups is 1. The number of alkyl halides is 1. The second-order valence-corrected chi connectivity index (χ2v) is 10.6. The van der Waals surface area contributed by atoms with Crippen molar-refractivity contribution in [2.24, 2.45) is 0 Å². The summed E-state index contributed by atoms with van der Waals surface area (Å²) in [5.41, 5.74) is 2.70. The second-order valence-electron chi connectivity index (χ2n) is 7.72. The number of rotatable bonds is 6. The van der Waals surface area contributed by atoms with Crippen LogP contribution < -0.4 is 5.73 Å². The van der Waals surface area contributed by atoms with Gasteiger partial charge in [0.1, 0.15) is 27.9 Å². The zero-order valence-corrected chi connectivity index (χ0v) is 21.4. The molecule has 4 aromatic rings. The molecule has 1 aliphatic rings. The van der Waals surface area contributed by atoms with Crippen LogP contribution in [0.1, 0.15) is 10.6 Å². The molecule has 5 atom stereocenters. The molecule has 1 saturated heterocycles. The SMILES string of the molecule is CO[C@@]1(c2nccs2)[C@@H](S)O[C@](Cl)(CO)[C@H](O)C1(c1cccnc1)n1cc(-c2csc(N)n2)nn1. The average molecular weight is 554 g/mol. The van der Waals surface area contributed by atoms with Gasteiger partial charge in [-0.25, -0.2) is 14.6 Å². The highest BCUT2D eigenvalue weighted by molar-refractivity contribution is 7.80. The zero-order valence-electron chi connectivity index (χ0n) is 18.1. The number of ether oxygens (including phenoxy) is 2. The Morgan fingerprint density at radius 3 is 2.77 bits per heavy atom.